The van der Waals surface area contributed by atoms with Crippen LogP contribution >= 0.6 is 12.4 Å². The average Bonchev–Trinajstić information content (AvgIpc) is 0.918. The lowest BCUT2D eigenvalue weighted by Gasteiger charge is -1.64. The van der Waals surface area contributed by atoms with Gasteiger partial charge in [0.1, 0.15) is 0 Å². The summed E-state index contributed by atoms with van der Waals surface area (Å²) in [4.78, 5) is 0. The SMILES string of the molecule is Cl.NNN. The number of rotatable bonds is 0. The largest absolute Gasteiger partial charge is 0.258 e. The summed E-state index contributed by atoms with van der Waals surface area (Å²) in [5.74, 6) is 8.75. The lowest BCUT2D eigenvalue weighted by atomic mass is 12.6. The molecule has 4 heteroatoms. The van der Waals surface area contributed by atoms with Gasteiger partial charge in [-0.15, -0.1) is 12.4 Å². The predicted molar refractivity (Wildman–Crippen MR) is 18.8 cm³/mol. The van der Waals surface area contributed by atoms with Crippen molar-refractivity contribution in [2.24, 2.45) is 11.7 Å². The fourth-order valence-electron chi connectivity index (χ4n) is 0. The highest BCUT2D eigenvalue weighted by molar-refractivity contribution is 5.85. The molecule has 0 aromatic carbocycles. The summed E-state index contributed by atoms with van der Waals surface area (Å²) in [5, 5.41) is 0. The van der Waals surface area contributed by atoms with Gasteiger partial charge >= 0.3 is 0 Å². The minimum absolute atomic E-state index is 0. The molecule has 0 aromatic heterocycles. The molecule has 0 fully saturated rings. The van der Waals surface area contributed by atoms with E-state index in [1.54, 1.807) is 5.53 Å². The van der Waals surface area contributed by atoms with Crippen molar-refractivity contribution >= 4 is 12.4 Å². The van der Waals surface area contributed by atoms with E-state index in [9.17, 15) is 0 Å². The molecule has 0 aliphatic rings. The van der Waals surface area contributed by atoms with Gasteiger partial charge in [0.25, 0.3) is 0 Å². The molecule has 0 bridgehead atoms. The normalized spacial score (nSPS) is 4.50. The van der Waals surface area contributed by atoms with Crippen LogP contribution in [0.3, 0.4) is 0 Å². The molecule has 0 aliphatic heterocycles. The van der Waals surface area contributed by atoms with Gasteiger partial charge in [-0.25, -0.2) is 0 Å². The van der Waals surface area contributed by atoms with Crippen molar-refractivity contribution in [3.8, 4) is 0 Å². The zero-order valence-electron chi connectivity index (χ0n) is 2.06. The zero-order chi connectivity index (χ0) is 2.71. The third-order valence-electron chi connectivity index (χ3n) is 0. The first-order valence-corrected chi connectivity index (χ1v) is 0.577. The molecule has 0 spiro atoms. The smallest absolute Gasteiger partial charge is 0.147 e. The van der Waals surface area contributed by atoms with Crippen molar-refractivity contribution in [1.29, 1.82) is 0 Å². The fraction of sp³-hybridized carbons (Fsp3) is 0. The molecular weight excluding hydrogens is 77.5 g/mol. The monoisotopic (exact) mass is 83.0 g/mol. The van der Waals surface area contributed by atoms with Gasteiger partial charge in [0.05, 0.1) is 0 Å². The molecule has 0 rings (SSSR count). The Morgan fingerprint density at radius 1 is 1.25 bits per heavy atom. The number of hydrogen-bond donors (Lipinski definition) is 3. The maximum absolute atomic E-state index is 4.38. The molecule has 0 saturated heterocycles. The Hall–Kier alpha value is 0.170. The van der Waals surface area contributed by atoms with Crippen LogP contribution in [0.25, 0.3) is 0 Å². The molecule has 0 amide bonds. The number of hydrogen-bond acceptors (Lipinski definition) is 3. The Bertz CT molecular complexity index is 3.25. The Labute approximate surface area is 30.7 Å². The van der Waals surface area contributed by atoms with E-state index in [4.69, 9.17) is 0 Å². The number of halogens is 1. The average molecular weight is 83.5 g/mol. The maximum Gasteiger partial charge on any atom is -0.147 e. The van der Waals surface area contributed by atoms with Crippen LogP contribution in [0.5, 0.6) is 0 Å². The van der Waals surface area contributed by atoms with Crippen LogP contribution in [0.15, 0.2) is 0 Å². The van der Waals surface area contributed by atoms with Crippen LogP contribution in [0.1, 0.15) is 0 Å². The van der Waals surface area contributed by atoms with Crippen LogP contribution in [0.4, 0.5) is 0 Å². The summed E-state index contributed by atoms with van der Waals surface area (Å²) in [6, 6.07) is 0. The van der Waals surface area contributed by atoms with Crippen LogP contribution in [-0.4, -0.2) is 0 Å². The summed E-state index contributed by atoms with van der Waals surface area (Å²) in [7, 11) is 0. The van der Waals surface area contributed by atoms with Crippen LogP contribution < -0.4 is 17.2 Å². The lowest BCUT2D eigenvalue weighted by molar-refractivity contribution is 0.803. The first-order valence-electron chi connectivity index (χ1n) is 0.577. The van der Waals surface area contributed by atoms with Gasteiger partial charge in [0, 0.05) is 0 Å². The van der Waals surface area contributed by atoms with Crippen molar-refractivity contribution in [1.82, 2.24) is 5.53 Å². The van der Waals surface area contributed by atoms with E-state index in [1.165, 1.54) is 0 Å². The predicted octanol–water partition coefficient (Wildman–Crippen LogP) is -1.25. The van der Waals surface area contributed by atoms with E-state index >= 15 is 0 Å². The van der Waals surface area contributed by atoms with Crippen molar-refractivity contribution in [2.75, 3.05) is 0 Å². The first kappa shape index (κ1) is 8.90. The minimum atomic E-state index is 0. The highest BCUT2D eigenvalue weighted by Gasteiger charge is 1.19. The zero-order valence-corrected chi connectivity index (χ0v) is 2.88. The van der Waals surface area contributed by atoms with Gasteiger partial charge < -0.3 is 0 Å². The van der Waals surface area contributed by atoms with Crippen LogP contribution in [0.2, 0.25) is 0 Å². The van der Waals surface area contributed by atoms with Gasteiger partial charge in [-0.05, 0) is 0 Å². The highest BCUT2D eigenvalue weighted by Crippen LogP contribution is 0.690. The second kappa shape index (κ2) is 10.9. The van der Waals surface area contributed by atoms with Crippen molar-refractivity contribution in [2.45, 2.75) is 0 Å². The molecule has 5 N–H and O–H groups in total. The topological polar surface area (TPSA) is 64.1 Å². The molecular formula is H6ClN3. The van der Waals surface area contributed by atoms with Crippen LogP contribution in [0, 0.1) is 0 Å². The van der Waals surface area contributed by atoms with Gasteiger partial charge in [0.15, 0.2) is 0 Å². The molecule has 0 aromatic rings. The van der Waals surface area contributed by atoms with E-state index in [-0.39, 0.29) is 12.4 Å². The second-order valence-electron chi connectivity index (χ2n) is 0.167. The fourth-order valence-corrected chi connectivity index (χ4v) is 0. The second-order valence-corrected chi connectivity index (χ2v) is 0.167. The molecule has 0 aliphatic carbocycles. The lowest BCUT2D eigenvalue weighted by Crippen LogP contribution is -2.29. The molecule has 0 heterocycles. The van der Waals surface area contributed by atoms with E-state index in [1.807, 2.05) is 0 Å². The summed E-state index contributed by atoms with van der Waals surface area (Å²) < 4.78 is 0. The molecule has 3 nitrogen and oxygen atoms in total. The highest BCUT2D eigenvalue weighted by atomic mass is 35.5. The summed E-state index contributed by atoms with van der Waals surface area (Å²) in [6.07, 6.45) is 0. The van der Waals surface area contributed by atoms with Crippen molar-refractivity contribution in [3.63, 3.8) is 0 Å². The Morgan fingerprint density at radius 2 is 1.25 bits per heavy atom. The summed E-state index contributed by atoms with van der Waals surface area (Å²) in [6.45, 7) is 0. The third kappa shape index (κ3) is 103. The molecule has 0 unspecified atom stereocenters. The third-order valence-corrected chi connectivity index (χ3v) is 0. The quantitative estimate of drug-likeness (QED) is 0.253. The van der Waals surface area contributed by atoms with Gasteiger partial charge in [-0.1, -0.05) is 0 Å². The maximum atomic E-state index is 4.38. The van der Waals surface area contributed by atoms with Gasteiger partial charge in [0.2, 0.25) is 0 Å². The molecule has 0 atom stereocenters. The number of nitrogens with one attached hydrogen (secondary N) is 1. The minimum Gasteiger partial charge on any atom is -0.258 e. The van der Waals surface area contributed by atoms with E-state index in [0.717, 1.165) is 0 Å². The van der Waals surface area contributed by atoms with E-state index in [2.05, 4.69) is 11.7 Å². The van der Waals surface area contributed by atoms with Crippen LogP contribution in [-0.2, 0) is 0 Å². The first-order chi connectivity index (χ1) is 1.41. The molecule has 0 radical (unpaired) electrons. The standard InChI is InChI=1S/ClH.H5N3/c;1-3-2/h1H;3H,1-2H2. The Morgan fingerprint density at radius 3 is 1.25 bits per heavy atom. The van der Waals surface area contributed by atoms with Gasteiger partial charge in [-0.3, -0.25) is 11.7 Å². The molecule has 4 heavy (non-hydrogen) atoms. The summed E-state index contributed by atoms with van der Waals surface area (Å²) >= 11 is 0. The molecule has 28 valence electrons. The number of hydrazine groups is 2. The van der Waals surface area contributed by atoms with Gasteiger partial charge in [-0.2, -0.15) is 5.53 Å². The van der Waals surface area contributed by atoms with E-state index in [0.29, 0.717) is 0 Å². The Kier molecular flexibility index (Phi) is 24.3. The summed E-state index contributed by atoms with van der Waals surface area (Å²) in [5.41, 5.74) is 1.75. The van der Waals surface area contributed by atoms with E-state index < -0.39 is 0 Å². The van der Waals surface area contributed by atoms with Crippen molar-refractivity contribution in [3.05, 3.63) is 0 Å². The molecule has 0 saturated carbocycles. The Balaban J connectivity index is 0. The van der Waals surface area contributed by atoms with Crippen molar-refractivity contribution < 1.29 is 0 Å². The number of nitrogens with two attached hydrogens (primary N) is 2.